The van der Waals surface area contributed by atoms with Crippen molar-refractivity contribution >= 4 is 143 Å². The Morgan fingerprint density at radius 2 is 0.946 bits per heavy atom. The van der Waals surface area contributed by atoms with E-state index in [9.17, 15) is 69.3 Å². The molecule has 0 atom stereocenters. The van der Waals surface area contributed by atoms with E-state index < -0.39 is 70.0 Å². The normalized spacial score (nSPS) is 10.5. The minimum atomic E-state index is -4.43. The fourth-order valence-corrected chi connectivity index (χ4v) is 8.73. The largest absolute Gasteiger partial charge is 0.480 e. The zero-order valence-corrected chi connectivity index (χ0v) is 63.5. The number of amides is 1. The first-order valence-electron chi connectivity index (χ1n) is 32.0. The van der Waals surface area contributed by atoms with Crippen molar-refractivity contribution in [3.8, 4) is 11.8 Å². The number of nitrogen functional groups attached to an aromatic ring is 1. The van der Waals surface area contributed by atoms with Gasteiger partial charge in [-0.1, -0.05) is 41.9 Å². The van der Waals surface area contributed by atoms with Crippen LogP contribution in [-0.4, -0.2) is 135 Å². The number of nitrogens with one attached hydrogen (secondary N) is 2. The molecule has 111 heavy (non-hydrogen) atoms. The van der Waals surface area contributed by atoms with Crippen LogP contribution in [0, 0.1) is 0 Å². The van der Waals surface area contributed by atoms with Gasteiger partial charge in [0.2, 0.25) is 11.8 Å². The van der Waals surface area contributed by atoms with Crippen LogP contribution >= 0.6 is 50.5 Å². The third kappa shape index (κ3) is 31.5. The summed E-state index contributed by atoms with van der Waals surface area (Å²) in [5.74, 6) is -2.53. The molecule has 39 heteroatoms. The predicted molar refractivity (Wildman–Crippen MR) is 401 cm³/mol. The van der Waals surface area contributed by atoms with Crippen LogP contribution in [0.5, 0.6) is 11.8 Å². The number of pyridine rings is 9. The van der Waals surface area contributed by atoms with Crippen molar-refractivity contribution in [1.29, 1.82) is 0 Å². The van der Waals surface area contributed by atoms with E-state index in [0.29, 0.717) is 68.5 Å². The van der Waals surface area contributed by atoms with Crippen LogP contribution in [0.4, 0.5) is 32.2 Å². The average Bonchev–Trinajstić information content (AvgIpc) is 0.823. The van der Waals surface area contributed by atoms with E-state index in [1.165, 1.54) is 45.6 Å². The van der Waals surface area contributed by atoms with Gasteiger partial charge in [0.25, 0.3) is 11.5 Å². The second-order valence-corrected chi connectivity index (χ2v) is 28.0. The molecule has 0 aliphatic heterocycles. The number of methoxy groups -OCH3 is 3. The highest BCUT2D eigenvalue weighted by atomic mass is 36.0. The highest BCUT2D eigenvalue weighted by molar-refractivity contribution is 8.24. The highest BCUT2D eigenvalue weighted by Gasteiger charge is 2.31. The van der Waals surface area contributed by atoms with Crippen molar-refractivity contribution in [2.75, 3.05) is 53.5 Å². The van der Waals surface area contributed by atoms with Gasteiger partial charge in [0.1, 0.15) is 39.7 Å². The third-order valence-corrected chi connectivity index (χ3v) is 13.7. The molecule has 588 valence electrons. The number of alkyl halides is 6. The summed E-state index contributed by atoms with van der Waals surface area (Å²) in [6, 6.07) is 33.6. The summed E-state index contributed by atoms with van der Waals surface area (Å²) in [5.41, 5.74) is 12.5. The van der Waals surface area contributed by atoms with E-state index in [-0.39, 0.29) is 78.8 Å². The summed E-state index contributed by atoms with van der Waals surface area (Å²) in [4.78, 5) is 125. The van der Waals surface area contributed by atoms with E-state index in [1.54, 1.807) is 131 Å². The zero-order chi connectivity index (χ0) is 82.4. The van der Waals surface area contributed by atoms with Gasteiger partial charge in [-0.25, -0.2) is 44.3 Å². The monoisotopic (exact) mass is 1640 g/mol. The fraction of sp³-hybridized carbons (Fsp3) is 0.222. The van der Waals surface area contributed by atoms with E-state index in [4.69, 9.17) is 42.0 Å². The molecule has 11 aromatic rings. The maximum Gasteiger partial charge on any atom is 0.416 e. The Morgan fingerprint density at radius 3 is 1.40 bits per heavy atom. The van der Waals surface area contributed by atoms with Crippen LogP contribution in [0.1, 0.15) is 108 Å². The predicted octanol–water partition coefficient (Wildman–Crippen LogP) is 14.5. The van der Waals surface area contributed by atoms with Crippen molar-refractivity contribution in [1.82, 2.24) is 50.2 Å². The number of nitrogens with zero attached hydrogens (tertiary/aromatic N) is 8. The van der Waals surface area contributed by atoms with Crippen molar-refractivity contribution in [3.05, 3.63) is 230 Å². The first-order valence-corrected chi connectivity index (χ1v) is 36.8. The zero-order valence-electron chi connectivity index (χ0n) is 59.6. The van der Waals surface area contributed by atoms with Crippen LogP contribution in [0.3, 0.4) is 0 Å². The minimum Gasteiger partial charge on any atom is -0.480 e. The summed E-state index contributed by atoms with van der Waals surface area (Å²) >= 11 is 19.7. The number of H-pyrrole nitrogens is 1. The van der Waals surface area contributed by atoms with Gasteiger partial charge >= 0.3 is 47.4 Å². The standard InChI is InChI=1S/C18H14F3N3O2.C11H9ClN2O2.2C11H10N2O3.C8H8F3N.C7H12O4.C6H6N2O.Cl3OP/c1-26-17-14(9-12-5-3-7-22-15(12)24-17)16(25)23-10-11-4-2-6-13(8-11)18(19,20)21;1-2-16-11(15)8-6-7-4-3-5-13-10(7)14-9(8)12;1-15-10-8(11(14)16-2)6-7-4-3-5-12-9(7)13-10;1-2-16-11(15)8-6-7-4-3-5-12-9(7)13-10(8)14;9-8(10,11)7-3-1-2-6(4-7)5-12;1-3-10-6(8)5-7(9)11-4-2;7-6-5(4-9)2-1-3-8-6;1-5(2,3)4/h2-9H,10H2,1H3,(H,23,25);3-6H,2H2,1H3;3-6H,1-2H3;3-6H,2H2,1H3,(H,12,13,14);1-4H,5,12H2;3-5H2,1-2H3;1-4H,(H2,7,8);. The molecule has 0 unspecified atom stereocenters. The molecule has 11 rings (SSSR count). The number of carbonyl (C=O) groups is 7. The van der Waals surface area contributed by atoms with Crippen molar-refractivity contribution in [3.63, 3.8) is 0 Å². The number of esters is 5. The number of aromatic amines is 1. The van der Waals surface area contributed by atoms with E-state index in [2.05, 4.69) is 98.1 Å². The minimum absolute atomic E-state index is 0.00218. The third-order valence-electron chi connectivity index (χ3n) is 13.4. The summed E-state index contributed by atoms with van der Waals surface area (Å²) in [7, 11) is 4.14. The van der Waals surface area contributed by atoms with E-state index in [0.717, 1.165) is 35.0 Å². The maximum atomic E-state index is 12.8. The fourth-order valence-electron chi connectivity index (χ4n) is 8.52. The van der Waals surface area contributed by atoms with Gasteiger partial charge < -0.3 is 54.9 Å². The topological polar surface area (TPSA) is 401 Å². The Hall–Kier alpha value is -11.6. The van der Waals surface area contributed by atoms with Gasteiger partial charge in [0.15, 0.2) is 23.2 Å². The molecule has 9 heterocycles. The van der Waals surface area contributed by atoms with E-state index >= 15 is 0 Å². The number of halogens is 10. The molecule has 9 aromatic heterocycles. The lowest BCUT2D eigenvalue weighted by atomic mass is 10.1. The van der Waals surface area contributed by atoms with E-state index in [1.807, 2.05) is 12.1 Å². The van der Waals surface area contributed by atoms with Gasteiger partial charge in [-0.2, -0.15) is 36.3 Å². The van der Waals surface area contributed by atoms with Gasteiger partial charge in [-0.15, -0.1) is 0 Å². The van der Waals surface area contributed by atoms with Crippen LogP contribution in [0.15, 0.2) is 169 Å². The highest BCUT2D eigenvalue weighted by Crippen LogP contribution is 2.61. The molecule has 0 bridgehead atoms. The number of hydrogen-bond donors (Lipinski definition) is 4. The molecular weight excluding hydrogens is 1580 g/mol. The molecule has 28 nitrogen and oxygen atoms in total. The molecule has 2 aromatic carbocycles. The van der Waals surface area contributed by atoms with Crippen molar-refractivity contribution < 1.29 is 97.6 Å². The Balaban J connectivity index is 0.000000277. The van der Waals surface area contributed by atoms with Crippen LogP contribution in [0.25, 0.3) is 44.1 Å². The Labute approximate surface area is 647 Å². The van der Waals surface area contributed by atoms with Crippen molar-refractivity contribution in [2.45, 2.75) is 59.6 Å². The number of nitrogens with two attached hydrogens (primary N) is 2. The number of anilines is 1. The van der Waals surface area contributed by atoms with Crippen LogP contribution in [0.2, 0.25) is 5.15 Å². The molecular formula is C72H69Cl4F6N12O16P. The molecule has 0 saturated heterocycles. The smallest absolute Gasteiger partial charge is 0.416 e. The summed E-state index contributed by atoms with van der Waals surface area (Å²) in [5, 5.41) is 2.36. The van der Waals surface area contributed by atoms with Crippen LogP contribution < -0.4 is 31.8 Å². The van der Waals surface area contributed by atoms with Gasteiger partial charge in [0.05, 0.1) is 70.0 Å². The first kappa shape index (κ1) is 91.8. The molecule has 0 fully saturated rings. The number of rotatable bonds is 16. The number of benzene rings is 2. The van der Waals surface area contributed by atoms with Crippen molar-refractivity contribution in [2.24, 2.45) is 5.73 Å². The molecule has 0 spiro atoms. The first-order chi connectivity index (χ1) is 52.7. The second-order valence-electron chi connectivity index (χ2n) is 21.0. The van der Waals surface area contributed by atoms with Gasteiger partial charge in [0, 0.05) is 65.6 Å². The second kappa shape index (κ2) is 46.1. The Kier molecular flexibility index (Phi) is 38.1. The molecule has 0 aliphatic carbocycles. The number of aromatic nitrogens is 9. The average molecular weight is 1650 g/mol. The van der Waals surface area contributed by atoms with Gasteiger partial charge in [-0.3, -0.25) is 28.5 Å². The molecule has 0 saturated carbocycles. The number of ether oxygens (including phenoxy) is 7. The number of fused-ring (bicyclic) bond motifs is 4. The molecule has 6 N–H and O–H groups in total. The maximum absolute atomic E-state index is 12.8. The summed E-state index contributed by atoms with van der Waals surface area (Å²) in [6.45, 7) is 7.99. The SMILES string of the molecule is CCOC(=O)CC(=O)OCC.CCOC(=O)c1cc2cccnc2[nH]c1=O.CCOC(=O)c1cc2cccnc2nc1Cl.COC(=O)c1cc2cccnc2nc1OC.COc1nc2ncccc2cc1C(=O)NCc1cccc(C(F)(F)F)c1.NCc1cccc(C(F)(F)F)c1.Nc1ncccc1C=O.O=P(Cl)(Cl)Cl. The molecule has 0 radical (unpaired) electrons. The lowest BCUT2D eigenvalue weighted by Gasteiger charge is -2.11. The number of carbonyl (C=O) groups excluding carboxylic acids is 7. The number of hydrogen-bond acceptors (Lipinski definition) is 26. The van der Waals surface area contributed by atoms with Crippen LogP contribution in [-0.2, 0) is 63.3 Å². The summed E-state index contributed by atoms with van der Waals surface area (Å²) < 4.78 is 117. The lowest BCUT2D eigenvalue weighted by Crippen LogP contribution is -2.24. The summed E-state index contributed by atoms with van der Waals surface area (Å²) in [6.07, 6.45) is -0.372. The Bertz CT molecular complexity index is 5070. The van der Waals surface area contributed by atoms with Gasteiger partial charge in [-0.05, 0) is 176 Å². The lowest BCUT2D eigenvalue weighted by molar-refractivity contribution is -0.154. The quantitative estimate of drug-likeness (QED) is 0.0133. The molecule has 1 amide bonds. The Morgan fingerprint density at radius 1 is 0.532 bits per heavy atom. The molecule has 0 aliphatic rings. The number of aldehydes is 1.